The van der Waals surface area contributed by atoms with Crippen molar-refractivity contribution >= 4 is 6.21 Å². The quantitative estimate of drug-likeness (QED) is 0.320. The molecule has 0 heterocycles. The fourth-order valence-corrected chi connectivity index (χ4v) is 2.58. The summed E-state index contributed by atoms with van der Waals surface area (Å²) in [7, 11) is 0. The second-order valence-corrected chi connectivity index (χ2v) is 6.50. The first-order valence-electron chi connectivity index (χ1n) is 9.53. The normalized spacial score (nSPS) is 11.7. The van der Waals surface area contributed by atoms with E-state index >= 15 is 0 Å². The minimum atomic E-state index is -4.68. The molecule has 0 aromatic heterocycles. The summed E-state index contributed by atoms with van der Waals surface area (Å²) in [6, 6.07) is 13.2. The summed E-state index contributed by atoms with van der Waals surface area (Å²) in [4.78, 5) is 4.44. The molecular formula is C22H26F3NO2. The Kier molecular flexibility index (Phi) is 8.85. The topological polar surface area (TPSA) is 30.8 Å². The molecule has 0 atom stereocenters. The molecule has 0 saturated carbocycles. The summed E-state index contributed by atoms with van der Waals surface area (Å²) in [6.07, 6.45) is 3.33. The maximum atomic E-state index is 12.1. The molecule has 0 saturated heterocycles. The van der Waals surface area contributed by atoms with Crippen LogP contribution in [-0.4, -0.2) is 19.1 Å². The van der Waals surface area contributed by atoms with E-state index in [1.165, 1.54) is 37.8 Å². The Hall–Kier alpha value is -2.50. The second kappa shape index (κ2) is 11.4. The van der Waals surface area contributed by atoms with E-state index in [-0.39, 0.29) is 12.4 Å². The van der Waals surface area contributed by atoms with E-state index in [4.69, 9.17) is 4.74 Å². The molecule has 0 N–H and O–H groups in total. The maximum Gasteiger partial charge on any atom is 0.573 e. The lowest BCUT2D eigenvalue weighted by atomic mass is 10.1. The van der Waals surface area contributed by atoms with E-state index in [2.05, 4.69) is 16.7 Å². The minimum absolute atomic E-state index is 0.245. The minimum Gasteiger partial charge on any atom is -0.489 e. The van der Waals surface area contributed by atoms with Gasteiger partial charge in [-0.2, -0.15) is 0 Å². The third kappa shape index (κ3) is 8.93. The van der Waals surface area contributed by atoms with Crippen molar-refractivity contribution in [3.8, 4) is 11.5 Å². The van der Waals surface area contributed by atoms with E-state index in [9.17, 15) is 13.2 Å². The van der Waals surface area contributed by atoms with Crippen LogP contribution in [0, 0.1) is 0 Å². The highest BCUT2D eigenvalue weighted by molar-refractivity contribution is 5.79. The highest BCUT2D eigenvalue weighted by Crippen LogP contribution is 2.23. The number of halogens is 3. The van der Waals surface area contributed by atoms with Gasteiger partial charge in [-0.25, -0.2) is 0 Å². The van der Waals surface area contributed by atoms with Crippen molar-refractivity contribution in [3.63, 3.8) is 0 Å². The van der Waals surface area contributed by atoms with Gasteiger partial charge in [-0.05, 0) is 53.9 Å². The third-order valence-electron chi connectivity index (χ3n) is 4.07. The molecule has 28 heavy (non-hydrogen) atoms. The summed E-state index contributed by atoms with van der Waals surface area (Å²) < 4.78 is 46.0. The van der Waals surface area contributed by atoms with Gasteiger partial charge in [0.25, 0.3) is 0 Å². The van der Waals surface area contributed by atoms with Crippen molar-refractivity contribution < 1.29 is 22.6 Å². The molecule has 2 rings (SSSR count). The van der Waals surface area contributed by atoms with Crippen LogP contribution in [0.2, 0.25) is 0 Å². The summed E-state index contributed by atoms with van der Waals surface area (Å²) in [5, 5.41) is 0. The highest BCUT2D eigenvalue weighted by Gasteiger charge is 2.30. The molecular weight excluding hydrogens is 367 g/mol. The third-order valence-corrected chi connectivity index (χ3v) is 4.07. The maximum absolute atomic E-state index is 12.1. The Labute approximate surface area is 164 Å². The summed E-state index contributed by atoms with van der Waals surface area (Å²) in [6.45, 7) is 3.31. The molecule has 0 unspecified atom stereocenters. The Balaban J connectivity index is 1.73. The van der Waals surface area contributed by atoms with Gasteiger partial charge in [0.15, 0.2) is 0 Å². The van der Waals surface area contributed by atoms with Crippen LogP contribution in [0.5, 0.6) is 11.5 Å². The van der Waals surface area contributed by atoms with Crippen molar-refractivity contribution in [2.24, 2.45) is 4.99 Å². The van der Waals surface area contributed by atoms with E-state index in [1.54, 1.807) is 12.1 Å². The molecule has 0 radical (unpaired) electrons. The van der Waals surface area contributed by atoms with E-state index in [1.807, 2.05) is 30.5 Å². The van der Waals surface area contributed by atoms with Crippen LogP contribution in [0.25, 0.3) is 0 Å². The molecule has 2 aromatic carbocycles. The first-order valence-corrected chi connectivity index (χ1v) is 9.53. The molecule has 0 spiro atoms. The molecule has 0 fully saturated rings. The van der Waals surface area contributed by atoms with Crippen molar-refractivity contribution in [3.05, 3.63) is 59.7 Å². The van der Waals surface area contributed by atoms with Crippen LogP contribution in [-0.2, 0) is 6.61 Å². The van der Waals surface area contributed by atoms with Gasteiger partial charge in [0.1, 0.15) is 18.1 Å². The predicted molar refractivity (Wildman–Crippen MR) is 105 cm³/mol. The van der Waals surface area contributed by atoms with Crippen LogP contribution in [0.15, 0.2) is 53.5 Å². The van der Waals surface area contributed by atoms with Crippen molar-refractivity contribution in [2.45, 2.75) is 52.0 Å². The SMILES string of the molecule is CCCCCCCN=Cc1ccc(OCc2ccc(OC(F)(F)F)cc2)cc1. The largest absolute Gasteiger partial charge is 0.573 e. The average Bonchev–Trinajstić information content (AvgIpc) is 2.66. The monoisotopic (exact) mass is 393 g/mol. The van der Waals surface area contributed by atoms with Gasteiger partial charge < -0.3 is 9.47 Å². The number of hydrogen-bond donors (Lipinski definition) is 0. The van der Waals surface area contributed by atoms with E-state index in [0.717, 1.165) is 24.1 Å². The van der Waals surface area contributed by atoms with Gasteiger partial charge >= 0.3 is 6.36 Å². The van der Waals surface area contributed by atoms with Gasteiger partial charge in [0, 0.05) is 12.8 Å². The number of nitrogens with zero attached hydrogens (tertiary/aromatic N) is 1. The lowest BCUT2D eigenvalue weighted by Gasteiger charge is -2.10. The summed E-state index contributed by atoms with van der Waals surface area (Å²) in [5.74, 6) is 0.442. The molecule has 0 aliphatic heterocycles. The van der Waals surface area contributed by atoms with Crippen LogP contribution >= 0.6 is 0 Å². The smallest absolute Gasteiger partial charge is 0.489 e. The zero-order valence-electron chi connectivity index (χ0n) is 16.0. The van der Waals surface area contributed by atoms with Crippen LogP contribution < -0.4 is 9.47 Å². The molecule has 3 nitrogen and oxygen atoms in total. The van der Waals surface area contributed by atoms with Crippen LogP contribution in [0.4, 0.5) is 13.2 Å². The average molecular weight is 393 g/mol. The number of aliphatic imine (C=N–C) groups is 1. The number of hydrogen-bond acceptors (Lipinski definition) is 3. The van der Waals surface area contributed by atoms with Gasteiger partial charge in [-0.3, -0.25) is 4.99 Å². The molecule has 0 aliphatic carbocycles. The van der Waals surface area contributed by atoms with Crippen LogP contribution in [0.3, 0.4) is 0 Å². The zero-order valence-corrected chi connectivity index (χ0v) is 16.0. The first kappa shape index (κ1) is 21.8. The zero-order chi connectivity index (χ0) is 20.2. The van der Waals surface area contributed by atoms with Gasteiger partial charge in [0.2, 0.25) is 0 Å². The van der Waals surface area contributed by atoms with E-state index in [0.29, 0.717) is 5.75 Å². The first-order chi connectivity index (χ1) is 13.5. The van der Waals surface area contributed by atoms with Crippen LogP contribution in [0.1, 0.15) is 50.2 Å². The number of alkyl halides is 3. The summed E-state index contributed by atoms with van der Waals surface area (Å²) in [5.41, 5.74) is 1.76. The van der Waals surface area contributed by atoms with Crippen molar-refractivity contribution in [1.82, 2.24) is 0 Å². The van der Waals surface area contributed by atoms with Gasteiger partial charge in [-0.15, -0.1) is 13.2 Å². The molecule has 2 aromatic rings. The summed E-state index contributed by atoms with van der Waals surface area (Å²) >= 11 is 0. The standard InChI is InChI=1S/C22H26F3NO2/c1-2-3-4-5-6-15-26-16-18-7-11-20(12-8-18)27-17-19-9-13-21(14-10-19)28-22(23,24)25/h7-14,16H,2-6,15,17H2,1H3. The molecule has 6 heteroatoms. The Bertz CT molecular complexity index is 710. The number of ether oxygens (including phenoxy) is 2. The van der Waals surface area contributed by atoms with E-state index < -0.39 is 6.36 Å². The molecule has 0 amide bonds. The lowest BCUT2D eigenvalue weighted by molar-refractivity contribution is -0.274. The van der Waals surface area contributed by atoms with Gasteiger partial charge in [0.05, 0.1) is 0 Å². The molecule has 0 bridgehead atoms. The highest BCUT2D eigenvalue weighted by atomic mass is 19.4. The fraction of sp³-hybridized carbons (Fsp3) is 0.409. The molecule has 152 valence electrons. The Morgan fingerprint density at radius 2 is 1.50 bits per heavy atom. The second-order valence-electron chi connectivity index (χ2n) is 6.50. The van der Waals surface area contributed by atoms with Crippen molar-refractivity contribution in [1.29, 1.82) is 0 Å². The van der Waals surface area contributed by atoms with Gasteiger partial charge in [-0.1, -0.05) is 44.7 Å². The Morgan fingerprint density at radius 3 is 2.14 bits per heavy atom. The van der Waals surface area contributed by atoms with Crippen molar-refractivity contribution in [2.75, 3.05) is 6.54 Å². The Morgan fingerprint density at radius 1 is 0.857 bits per heavy atom. The lowest BCUT2D eigenvalue weighted by Crippen LogP contribution is -2.17. The predicted octanol–water partition coefficient (Wildman–Crippen LogP) is 6.55. The fourth-order valence-electron chi connectivity index (χ4n) is 2.58. The number of benzene rings is 2. The number of unbranched alkanes of at least 4 members (excludes halogenated alkanes) is 4. The number of rotatable bonds is 11. The molecule has 0 aliphatic rings.